The van der Waals surface area contributed by atoms with Crippen molar-refractivity contribution in [1.29, 1.82) is 0 Å². The van der Waals surface area contributed by atoms with Crippen LogP contribution in [0.15, 0.2) is 65.3 Å². The molecular formula is C21H21NO4. The van der Waals surface area contributed by atoms with E-state index < -0.39 is 11.9 Å². The average molecular weight is 351 g/mol. The van der Waals surface area contributed by atoms with E-state index >= 15 is 0 Å². The third-order valence-corrected chi connectivity index (χ3v) is 4.09. The number of carboxylic acid groups (broad SMARTS) is 1. The fourth-order valence-electron chi connectivity index (χ4n) is 2.57. The zero-order valence-electron chi connectivity index (χ0n) is 14.6. The molecule has 1 N–H and O–H groups in total. The number of carbonyl (C=O) groups is 1. The Hall–Kier alpha value is -3.08. The zero-order valence-corrected chi connectivity index (χ0v) is 14.6. The zero-order chi connectivity index (χ0) is 18.4. The smallest absolute Gasteiger partial charge is 0.306 e. The standard InChI is InChI=1S/C21H21NO4/c1-15(21(23)24)13-16-7-9-19(10-8-16)25-12-11-18-14-26-20(22-18)17-5-3-2-4-6-17/h2-10,14-15H,11-13H2,1H3,(H,23,24). The Kier molecular flexibility index (Phi) is 5.69. The highest BCUT2D eigenvalue weighted by Crippen LogP contribution is 2.19. The largest absolute Gasteiger partial charge is 0.493 e. The number of carboxylic acids is 1. The lowest BCUT2D eigenvalue weighted by atomic mass is 10.0. The van der Waals surface area contributed by atoms with Crippen LogP contribution in [0, 0.1) is 5.92 Å². The number of aliphatic carboxylic acids is 1. The summed E-state index contributed by atoms with van der Waals surface area (Å²) in [5.74, 6) is 0.182. The molecule has 1 atom stereocenters. The molecule has 0 radical (unpaired) electrons. The quantitative estimate of drug-likeness (QED) is 0.657. The first-order valence-corrected chi connectivity index (χ1v) is 8.56. The minimum absolute atomic E-state index is 0.396. The van der Waals surface area contributed by atoms with Gasteiger partial charge in [-0.25, -0.2) is 4.98 Å². The fourth-order valence-corrected chi connectivity index (χ4v) is 2.57. The van der Waals surface area contributed by atoms with Gasteiger partial charge < -0.3 is 14.3 Å². The third kappa shape index (κ3) is 4.72. The maximum absolute atomic E-state index is 10.9. The predicted octanol–water partition coefficient (Wildman–Crippen LogP) is 4.23. The lowest BCUT2D eigenvalue weighted by Gasteiger charge is -2.08. The first kappa shape index (κ1) is 17.7. The van der Waals surface area contributed by atoms with Crippen molar-refractivity contribution in [1.82, 2.24) is 4.98 Å². The molecule has 0 aliphatic carbocycles. The minimum Gasteiger partial charge on any atom is -0.493 e. The highest BCUT2D eigenvalue weighted by atomic mass is 16.5. The number of rotatable bonds is 8. The van der Waals surface area contributed by atoms with E-state index in [4.69, 9.17) is 14.3 Å². The Morgan fingerprint density at radius 2 is 1.88 bits per heavy atom. The molecule has 134 valence electrons. The summed E-state index contributed by atoms with van der Waals surface area (Å²) in [6.45, 7) is 2.19. The molecule has 1 heterocycles. The van der Waals surface area contributed by atoms with Crippen LogP contribution < -0.4 is 4.74 Å². The van der Waals surface area contributed by atoms with Gasteiger partial charge in [-0.2, -0.15) is 0 Å². The Morgan fingerprint density at radius 3 is 2.58 bits per heavy atom. The molecule has 0 fully saturated rings. The number of hydrogen-bond donors (Lipinski definition) is 1. The summed E-state index contributed by atoms with van der Waals surface area (Å²) in [6, 6.07) is 17.3. The molecule has 5 nitrogen and oxygen atoms in total. The van der Waals surface area contributed by atoms with Crippen molar-refractivity contribution >= 4 is 5.97 Å². The molecule has 1 unspecified atom stereocenters. The molecule has 1 aromatic heterocycles. The number of oxazole rings is 1. The molecule has 0 aliphatic heterocycles. The molecule has 3 rings (SSSR count). The lowest BCUT2D eigenvalue weighted by Crippen LogP contribution is -2.12. The number of ether oxygens (including phenoxy) is 1. The van der Waals surface area contributed by atoms with Crippen molar-refractivity contribution in [3.8, 4) is 17.2 Å². The highest BCUT2D eigenvalue weighted by molar-refractivity contribution is 5.69. The Morgan fingerprint density at radius 1 is 1.15 bits per heavy atom. The van der Waals surface area contributed by atoms with Gasteiger partial charge in [0.1, 0.15) is 12.0 Å². The van der Waals surface area contributed by atoms with Gasteiger partial charge in [0, 0.05) is 12.0 Å². The van der Waals surface area contributed by atoms with Crippen LogP contribution in [0.25, 0.3) is 11.5 Å². The van der Waals surface area contributed by atoms with Gasteiger partial charge in [-0.15, -0.1) is 0 Å². The molecule has 0 aliphatic rings. The second-order valence-electron chi connectivity index (χ2n) is 6.20. The summed E-state index contributed by atoms with van der Waals surface area (Å²) in [4.78, 5) is 15.4. The van der Waals surface area contributed by atoms with E-state index in [2.05, 4.69) is 4.98 Å². The van der Waals surface area contributed by atoms with Crippen molar-refractivity contribution < 1.29 is 19.1 Å². The van der Waals surface area contributed by atoms with Crippen LogP contribution >= 0.6 is 0 Å². The van der Waals surface area contributed by atoms with Gasteiger partial charge in [0.2, 0.25) is 5.89 Å². The van der Waals surface area contributed by atoms with Crippen LogP contribution in [0.4, 0.5) is 0 Å². The number of benzene rings is 2. The normalized spacial score (nSPS) is 11.9. The van der Waals surface area contributed by atoms with Crippen molar-refractivity contribution in [3.63, 3.8) is 0 Å². The molecule has 0 saturated heterocycles. The van der Waals surface area contributed by atoms with Crippen LogP contribution in [-0.2, 0) is 17.6 Å². The fraction of sp³-hybridized carbons (Fsp3) is 0.238. The number of hydrogen-bond acceptors (Lipinski definition) is 4. The second kappa shape index (κ2) is 8.34. The van der Waals surface area contributed by atoms with E-state index in [-0.39, 0.29) is 0 Å². The van der Waals surface area contributed by atoms with Gasteiger partial charge >= 0.3 is 5.97 Å². The Balaban J connectivity index is 1.49. The van der Waals surface area contributed by atoms with Crippen molar-refractivity contribution in [2.45, 2.75) is 19.8 Å². The molecule has 26 heavy (non-hydrogen) atoms. The minimum atomic E-state index is -0.784. The van der Waals surface area contributed by atoms with Crippen LogP contribution in [0.1, 0.15) is 18.2 Å². The third-order valence-electron chi connectivity index (χ3n) is 4.09. The maximum Gasteiger partial charge on any atom is 0.306 e. The summed E-state index contributed by atoms with van der Waals surface area (Å²) in [6.07, 6.45) is 2.81. The topological polar surface area (TPSA) is 72.6 Å². The molecule has 0 amide bonds. The van der Waals surface area contributed by atoms with Crippen LogP contribution in [0.5, 0.6) is 5.75 Å². The monoisotopic (exact) mass is 351 g/mol. The van der Waals surface area contributed by atoms with E-state index in [1.807, 2.05) is 54.6 Å². The summed E-state index contributed by atoms with van der Waals surface area (Å²) in [5, 5.41) is 8.96. The van der Waals surface area contributed by atoms with Gasteiger partial charge in [-0.05, 0) is 36.2 Å². The molecule has 0 bridgehead atoms. The average Bonchev–Trinajstić information content (AvgIpc) is 3.13. The molecule has 3 aromatic rings. The molecular weight excluding hydrogens is 330 g/mol. The van der Waals surface area contributed by atoms with E-state index in [0.29, 0.717) is 25.3 Å². The summed E-state index contributed by atoms with van der Waals surface area (Å²) in [7, 11) is 0. The van der Waals surface area contributed by atoms with Gasteiger partial charge in [-0.3, -0.25) is 4.79 Å². The first-order chi connectivity index (χ1) is 12.6. The summed E-state index contributed by atoms with van der Waals surface area (Å²) in [5.41, 5.74) is 2.78. The van der Waals surface area contributed by atoms with Gasteiger partial charge in [-0.1, -0.05) is 37.3 Å². The maximum atomic E-state index is 10.9. The van der Waals surface area contributed by atoms with E-state index in [1.165, 1.54) is 0 Å². The van der Waals surface area contributed by atoms with E-state index in [9.17, 15) is 4.79 Å². The van der Waals surface area contributed by atoms with E-state index in [0.717, 1.165) is 22.6 Å². The number of aromatic nitrogens is 1. The second-order valence-corrected chi connectivity index (χ2v) is 6.20. The van der Waals surface area contributed by atoms with Crippen molar-refractivity contribution in [3.05, 3.63) is 72.1 Å². The van der Waals surface area contributed by atoms with Crippen LogP contribution in [0.3, 0.4) is 0 Å². The van der Waals surface area contributed by atoms with Gasteiger partial charge in [0.05, 0.1) is 18.2 Å². The summed E-state index contributed by atoms with van der Waals surface area (Å²) < 4.78 is 11.2. The SMILES string of the molecule is CC(Cc1ccc(OCCc2coc(-c3ccccc3)n2)cc1)C(=O)O. The number of nitrogens with zero attached hydrogens (tertiary/aromatic N) is 1. The van der Waals surface area contributed by atoms with Crippen molar-refractivity contribution in [2.75, 3.05) is 6.61 Å². The molecule has 5 heteroatoms. The Labute approximate surface area is 152 Å². The summed E-state index contributed by atoms with van der Waals surface area (Å²) >= 11 is 0. The first-order valence-electron chi connectivity index (χ1n) is 8.56. The molecule has 0 saturated carbocycles. The lowest BCUT2D eigenvalue weighted by molar-refractivity contribution is -0.141. The predicted molar refractivity (Wildman–Crippen MR) is 98.1 cm³/mol. The van der Waals surface area contributed by atoms with Gasteiger partial charge in [0.15, 0.2) is 0 Å². The van der Waals surface area contributed by atoms with E-state index in [1.54, 1.807) is 13.2 Å². The molecule has 0 spiro atoms. The van der Waals surface area contributed by atoms with Gasteiger partial charge in [0.25, 0.3) is 0 Å². The Bertz CT molecular complexity index is 840. The van der Waals surface area contributed by atoms with Crippen LogP contribution in [-0.4, -0.2) is 22.7 Å². The molecule has 2 aromatic carbocycles. The van der Waals surface area contributed by atoms with Crippen molar-refractivity contribution in [2.24, 2.45) is 5.92 Å². The van der Waals surface area contributed by atoms with Crippen LogP contribution in [0.2, 0.25) is 0 Å². The highest BCUT2D eigenvalue weighted by Gasteiger charge is 2.11.